The van der Waals surface area contributed by atoms with Crippen LogP contribution in [0.15, 0.2) is 24.4 Å². The highest BCUT2D eigenvalue weighted by Crippen LogP contribution is 2.39. The highest BCUT2D eigenvalue weighted by atomic mass is 19.4. The van der Waals surface area contributed by atoms with Crippen LogP contribution in [0.3, 0.4) is 0 Å². The van der Waals surface area contributed by atoms with Gasteiger partial charge in [-0.05, 0) is 18.2 Å². The molecule has 3 N–H and O–H groups in total. The molecule has 0 aliphatic carbocycles. The normalized spacial score (nSPS) is 11.8. The van der Waals surface area contributed by atoms with Crippen molar-refractivity contribution in [2.75, 3.05) is 18.1 Å². The molecule has 0 aliphatic rings. The third kappa shape index (κ3) is 1.86. The van der Waals surface area contributed by atoms with Gasteiger partial charge in [0, 0.05) is 18.6 Å². The van der Waals surface area contributed by atoms with Gasteiger partial charge in [0.1, 0.15) is 0 Å². The number of benzene rings is 1. The van der Waals surface area contributed by atoms with E-state index in [4.69, 9.17) is 5.73 Å². The molecule has 0 bridgehead atoms. The number of halogens is 3. The van der Waals surface area contributed by atoms with Crippen LogP contribution >= 0.6 is 0 Å². The van der Waals surface area contributed by atoms with Gasteiger partial charge in [0.15, 0.2) is 0 Å². The number of alkyl halides is 3. The Balaban J connectivity index is 2.89. The molecule has 0 radical (unpaired) electrons. The molecule has 1 aromatic carbocycles. The lowest BCUT2D eigenvalue weighted by atomic mass is 10.1. The molecule has 2 rings (SSSR count). The molecule has 3 nitrogen and oxygen atoms in total. The van der Waals surface area contributed by atoms with E-state index in [1.807, 2.05) is 0 Å². The highest BCUT2D eigenvalue weighted by molar-refractivity contribution is 5.99. The van der Waals surface area contributed by atoms with E-state index in [9.17, 15) is 13.2 Å². The van der Waals surface area contributed by atoms with Gasteiger partial charge >= 0.3 is 6.18 Å². The summed E-state index contributed by atoms with van der Waals surface area (Å²) in [6.45, 7) is 0. The van der Waals surface area contributed by atoms with E-state index in [2.05, 4.69) is 10.3 Å². The fraction of sp³-hybridized carbons (Fsp3) is 0.182. The summed E-state index contributed by atoms with van der Waals surface area (Å²) < 4.78 is 38.5. The van der Waals surface area contributed by atoms with Crippen molar-refractivity contribution in [3.05, 3.63) is 30.0 Å². The molecule has 1 aromatic heterocycles. The first kappa shape index (κ1) is 11.5. The quantitative estimate of drug-likeness (QED) is 0.755. The zero-order chi connectivity index (χ0) is 12.6. The third-order valence-corrected chi connectivity index (χ3v) is 2.48. The minimum absolute atomic E-state index is 0.0559. The van der Waals surface area contributed by atoms with Crippen molar-refractivity contribution in [3.8, 4) is 0 Å². The van der Waals surface area contributed by atoms with Crippen molar-refractivity contribution >= 4 is 22.3 Å². The molecule has 6 heteroatoms. The minimum atomic E-state index is -4.47. The largest absolute Gasteiger partial charge is 0.418 e. The van der Waals surface area contributed by atoms with Crippen LogP contribution < -0.4 is 11.1 Å². The van der Waals surface area contributed by atoms with Crippen LogP contribution in [0.5, 0.6) is 0 Å². The molecule has 0 saturated heterocycles. The number of nitrogens with one attached hydrogen (secondary N) is 1. The van der Waals surface area contributed by atoms with E-state index in [1.165, 1.54) is 6.20 Å². The lowest BCUT2D eigenvalue weighted by Crippen LogP contribution is -2.09. The Bertz CT molecular complexity index is 564. The zero-order valence-electron chi connectivity index (χ0n) is 8.97. The smallest absolute Gasteiger partial charge is 0.397 e. The van der Waals surface area contributed by atoms with Crippen molar-refractivity contribution in [2.24, 2.45) is 0 Å². The van der Waals surface area contributed by atoms with E-state index >= 15 is 0 Å². The molecule has 0 saturated carbocycles. The molecule has 17 heavy (non-hydrogen) atoms. The van der Waals surface area contributed by atoms with E-state index in [1.54, 1.807) is 19.2 Å². The van der Waals surface area contributed by atoms with Crippen molar-refractivity contribution < 1.29 is 13.2 Å². The summed E-state index contributed by atoms with van der Waals surface area (Å²) in [5, 5.41) is 3.15. The lowest BCUT2D eigenvalue weighted by Gasteiger charge is -2.14. The Labute approximate surface area is 95.4 Å². The Morgan fingerprint density at radius 1 is 1.35 bits per heavy atom. The molecule has 1 heterocycles. The number of pyridine rings is 1. The Morgan fingerprint density at radius 3 is 2.65 bits per heavy atom. The van der Waals surface area contributed by atoms with E-state index in [-0.39, 0.29) is 11.2 Å². The maximum atomic E-state index is 12.8. The van der Waals surface area contributed by atoms with Crippen molar-refractivity contribution in [1.29, 1.82) is 0 Å². The molecular weight excluding hydrogens is 231 g/mol. The number of aromatic nitrogens is 1. The Kier molecular flexibility index (Phi) is 2.57. The average molecular weight is 241 g/mol. The molecule has 0 aliphatic heterocycles. The van der Waals surface area contributed by atoms with E-state index in [0.29, 0.717) is 11.1 Å². The SMILES string of the molecule is CNc1c(N)cc(C(F)(F)F)c2ncccc12. The van der Waals surface area contributed by atoms with Gasteiger partial charge in [0.2, 0.25) is 0 Å². The van der Waals surface area contributed by atoms with Gasteiger partial charge in [-0.15, -0.1) is 0 Å². The topological polar surface area (TPSA) is 50.9 Å². The summed E-state index contributed by atoms with van der Waals surface area (Å²) in [5.41, 5.74) is 5.21. The molecule has 90 valence electrons. The Morgan fingerprint density at radius 2 is 2.06 bits per heavy atom. The molecular formula is C11H10F3N3. The number of nitrogen functional groups attached to an aromatic ring is 1. The first-order valence-electron chi connectivity index (χ1n) is 4.87. The maximum Gasteiger partial charge on any atom is 0.418 e. The van der Waals surface area contributed by atoms with Gasteiger partial charge < -0.3 is 11.1 Å². The van der Waals surface area contributed by atoms with Crippen LogP contribution in [-0.2, 0) is 6.18 Å². The summed E-state index contributed by atoms with van der Waals surface area (Å²) in [7, 11) is 1.60. The molecule has 0 atom stereocenters. The predicted molar refractivity (Wildman–Crippen MR) is 60.7 cm³/mol. The van der Waals surface area contributed by atoms with Crippen molar-refractivity contribution in [1.82, 2.24) is 4.98 Å². The fourth-order valence-corrected chi connectivity index (χ4v) is 1.77. The third-order valence-electron chi connectivity index (χ3n) is 2.48. The first-order valence-corrected chi connectivity index (χ1v) is 4.87. The number of anilines is 2. The van der Waals surface area contributed by atoms with Gasteiger partial charge in [-0.3, -0.25) is 4.98 Å². The maximum absolute atomic E-state index is 12.8. The highest BCUT2D eigenvalue weighted by Gasteiger charge is 2.34. The van der Waals surface area contributed by atoms with Gasteiger partial charge in [-0.1, -0.05) is 0 Å². The predicted octanol–water partition coefficient (Wildman–Crippen LogP) is 2.88. The van der Waals surface area contributed by atoms with Crippen LogP contribution in [0, 0.1) is 0 Å². The molecule has 2 aromatic rings. The van der Waals surface area contributed by atoms with Crippen molar-refractivity contribution in [3.63, 3.8) is 0 Å². The van der Waals surface area contributed by atoms with Crippen LogP contribution in [0.2, 0.25) is 0 Å². The number of hydrogen-bond donors (Lipinski definition) is 2. The van der Waals surface area contributed by atoms with Crippen LogP contribution in [-0.4, -0.2) is 12.0 Å². The minimum Gasteiger partial charge on any atom is -0.397 e. The Hall–Kier alpha value is -1.98. The molecule has 0 fully saturated rings. The van der Waals surface area contributed by atoms with E-state index < -0.39 is 11.7 Å². The van der Waals surface area contributed by atoms with Crippen LogP contribution in [0.25, 0.3) is 10.9 Å². The second-order valence-corrected chi connectivity index (χ2v) is 3.54. The monoisotopic (exact) mass is 241 g/mol. The van der Waals surface area contributed by atoms with E-state index in [0.717, 1.165) is 6.07 Å². The zero-order valence-corrected chi connectivity index (χ0v) is 8.97. The summed E-state index contributed by atoms with van der Waals surface area (Å²) in [6.07, 6.45) is -3.14. The summed E-state index contributed by atoms with van der Waals surface area (Å²) in [4.78, 5) is 3.78. The average Bonchev–Trinajstić information content (AvgIpc) is 2.27. The van der Waals surface area contributed by atoms with Crippen LogP contribution in [0.1, 0.15) is 5.56 Å². The molecule has 0 spiro atoms. The number of hydrogen-bond acceptors (Lipinski definition) is 3. The first-order chi connectivity index (χ1) is 7.95. The summed E-state index contributed by atoms with van der Waals surface area (Å²) in [6, 6.07) is 4.03. The second-order valence-electron chi connectivity index (χ2n) is 3.54. The number of nitrogens with two attached hydrogens (primary N) is 1. The van der Waals surface area contributed by atoms with Gasteiger partial charge in [0.05, 0.1) is 22.5 Å². The van der Waals surface area contributed by atoms with Crippen LogP contribution in [0.4, 0.5) is 24.5 Å². The molecule has 0 amide bonds. The lowest BCUT2D eigenvalue weighted by molar-refractivity contribution is -0.136. The fourth-order valence-electron chi connectivity index (χ4n) is 1.77. The van der Waals surface area contributed by atoms with Gasteiger partial charge in [-0.25, -0.2) is 0 Å². The van der Waals surface area contributed by atoms with Gasteiger partial charge in [-0.2, -0.15) is 13.2 Å². The second kappa shape index (κ2) is 3.80. The number of rotatable bonds is 1. The molecule has 0 unspecified atom stereocenters. The van der Waals surface area contributed by atoms with Gasteiger partial charge in [0.25, 0.3) is 0 Å². The summed E-state index contributed by atoms with van der Waals surface area (Å²) >= 11 is 0. The number of fused-ring (bicyclic) bond motifs is 1. The number of nitrogens with zero attached hydrogens (tertiary/aromatic N) is 1. The summed E-state index contributed by atoms with van der Waals surface area (Å²) in [5.74, 6) is 0. The standard InChI is InChI=1S/C11H10F3N3/c1-16-10-6-3-2-4-17-9(6)7(5-8(10)15)11(12,13)14/h2-5,16H,15H2,1H3. The van der Waals surface area contributed by atoms with Crippen molar-refractivity contribution in [2.45, 2.75) is 6.18 Å².